The molecule has 34 heavy (non-hydrogen) atoms. The van der Waals surface area contributed by atoms with Crippen LogP contribution in [0.4, 0.5) is 4.39 Å². The molecule has 0 radical (unpaired) electrons. The van der Waals surface area contributed by atoms with Crippen molar-refractivity contribution in [2.75, 3.05) is 13.7 Å². The minimum Gasteiger partial charge on any atom is -0.756 e. The van der Waals surface area contributed by atoms with Gasteiger partial charge in [0.05, 0.1) is 24.6 Å². The summed E-state index contributed by atoms with van der Waals surface area (Å²) in [6.45, 7) is -0.267. The molecule has 0 saturated heterocycles. The summed E-state index contributed by atoms with van der Waals surface area (Å²) in [6, 6.07) is 9.10. The van der Waals surface area contributed by atoms with Crippen LogP contribution in [0.3, 0.4) is 0 Å². The monoisotopic (exact) mass is 508 g/mol. The molecule has 1 heterocycles. The van der Waals surface area contributed by atoms with E-state index in [0.29, 0.717) is 23.8 Å². The Kier molecular flexibility index (Phi) is 10.9. The minimum absolute atomic E-state index is 0. The molecule has 0 bridgehead atoms. The van der Waals surface area contributed by atoms with Crippen molar-refractivity contribution >= 4 is 18.7 Å². The molecule has 3 aromatic rings. The summed E-state index contributed by atoms with van der Waals surface area (Å²) < 4.78 is 42.9. The Bertz CT molecular complexity index is 1240. The number of aromatic nitrogens is 1. The van der Waals surface area contributed by atoms with Crippen molar-refractivity contribution in [3.05, 3.63) is 58.6 Å². The number of halogens is 1. The number of fused-ring (bicyclic) bond motifs is 1. The molecule has 1 aliphatic carbocycles. The van der Waals surface area contributed by atoms with Gasteiger partial charge in [0, 0.05) is 11.8 Å². The van der Waals surface area contributed by atoms with Gasteiger partial charge in [0.15, 0.2) is 5.43 Å². The summed E-state index contributed by atoms with van der Waals surface area (Å²) in [7, 11) is -3.57. The standard InChI is InChI=1S/C22H23FNO7P.2Na/c1-29-16-7-5-15(6-8-16)17-11-24(13-31-32(26,27)28)21-19(30-12-14-3-2-4-14)10-9-18(23)20(21)22(17)25;;/h5-11,14H,2-4,12-13H2,1H3,(H2,26,27,28);;/q;2*+1/p-1. The minimum atomic E-state index is -5.07. The molecule has 1 aliphatic rings. The van der Waals surface area contributed by atoms with Gasteiger partial charge < -0.3 is 23.8 Å². The van der Waals surface area contributed by atoms with Crippen LogP contribution in [0.25, 0.3) is 22.0 Å². The van der Waals surface area contributed by atoms with E-state index in [0.717, 1.165) is 25.3 Å². The fourth-order valence-corrected chi connectivity index (χ4v) is 3.93. The zero-order valence-corrected chi connectivity index (χ0v) is 24.2. The first-order valence-electron chi connectivity index (χ1n) is 10.1. The van der Waals surface area contributed by atoms with E-state index < -0.39 is 25.8 Å². The molecule has 1 fully saturated rings. The van der Waals surface area contributed by atoms with Crippen LogP contribution in [-0.4, -0.2) is 23.2 Å². The molecule has 1 N–H and O–H groups in total. The molecule has 1 atom stereocenters. The number of nitrogens with zero attached hydrogens (tertiary/aromatic N) is 1. The first kappa shape index (κ1) is 29.5. The summed E-state index contributed by atoms with van der Waals surface area (Å²) in [6.07, 6.45) is 4.54. The maximum atomic E-state index is 14.9. The molecule has 0 spiro atoms. The first-order valence-corrected chi connectivity index (χ1v) is 11.6. The second-order valence-corrected chi connectivity index (χ2v) is 8.87. The smallest absolute Gasteiger partial charge is 0.756 e. The fraction of sp³-hybridized carbons (Fsp3) is 0.318. The Morgan fingerprint density at radius 1 is 1.18 bits per heavy atom. The van der Waals surface area contributed by atoms with Crippen LogP contribution >= 0.6 is 7.82 Å². The molecule has 8 nitrogen and oxygen atoms in total. The zero-order valence-electron chi connectivity index (χ0n) is 19.3. The fourth-order valence-electron chi connectivity index (χ4n) is 3.66. The van der Waals surface area contributed by atoms with Crippen LogP contribution in [0.15, 0.2) is 47.4 Å². The van der Waals surface area contributed by atoms with Crippen molar-refractivity contribution < 1.29 is 91.9 Å². The van der Waals surface area contributed by atoms with Gasteiger partial charge in [-0.05, 0) is 48.6 Å². The molecule has 0 aliphatic heterocycles. The molecule has 0 amide bonds. The van der Waals surface area contributed by atoms with Gasteiger partial charge in [-0.1, -0.05) is 18.6 Å². The number of ether oxygens (including phenoxy) is 2. The van der Waals surface area contributed by atoms with Gasteiger partial charge in [0.25, 0.3) is 7.82 Å². The quantitative estimate of drug-likeness (QED) is 0.263. The van der Waals surface area contributed by atoms with E-state index in [9.17, 15) is 18.6 Å². The number of methoxy groups -OCH3 is 1. The number of phosphoric ester groups is 1. The Morgan fingerprint density at radius 2 is 1.85 bits per heavy atom. The third kappa shape index (κ3) is 6.73. The van der Waals surface area contributed by atoms with E-state index in [2.05, 4.69) is 4.52 Å². The van der Waals surface area contributed by atoms with Crippen molar-refractivity contribution in [3.8, 4) is 22.6 Å². The van der Waals surface area contributed by atoms with Crippen LogP contribution in [0.1, 0.15) is 19.3 Å². The average Bonchev–Trinajstić information content (AvgIpc) is 2.73. The maximum absolute atomic E-state index is 14.9. The van der Waals surface area contributed by atoms with Crippen LogP contribution < -0.4 is 78.9 Å². The summed E-state index contributed by atoms with van der Waals surface area (Å²) in [5.41, 5.74) is 0.0701. The molecule has 12 heteroatoms. The predicted molar refractivity (Wildman–Crippen MR) is 114 cm³/mol. The predicted octanol–water partition coefficient (Wildman–Crippen LogP) is -2.56. The number of phosphoric acid groups is 1. The SMILES string of the molecule is COc1ccc(-c2cn(COP(=O)([O-])O)c3c(OCC4CCC4)ccc(F)c3c2=O)cc1.[Na+].[Na+]. The largest absolute Gasteiger partial charge is 1.00 e. The van der Waals surface area contributed by atoms with Gasteiger partial charge in [-0.25, -0.2) is 4.39 Å². The van der Waals surface area contributed by atoms with E-state index in [1.54, 1.807) is 24.3 Å². The Hall–Kier alpha value is -0.710. The Morgan fingerprint density at radius 3 is 2.41 bits per heavy atom. The Balaban J connectivity index is 0.00000204. The molecular formula is C22H22FNNa2O7P+. The van der Waals surface area contributed by atoms with E-state index >= 15 is 0 Å². The Labute approximate surface area is 240 Å². The second kappa shape index (κ2) is 12.5. The van der Waals surface area contributed by atoms with Gasteiger partial charge >= 0.3 is 59.1 Å². The van der Waals surface area contributed by atoms with Gasteiger partial charge in [0.2, 0.25) is 0 Å². The normalized spacial score (nSPS) is 14.9. The number of rotatable bonds is 8. The molecule has 4 rings (SSSR count). The first-order chi connectivity index (χ1) is 15.3. The van der Waals surface area contributed by atoms with E-state index in [4.69, 9.17) is 14.4 Å². The van der Waals surface area contributed by atoms with E-state index in [-0.39, 0.29) is 81.3 Å². The average molecular weight is 508 g/mol. The summed E-state index contributed by atoms with van der Waals surface area (Å²) >= 11 is 0. The van der Waals surface area contributed by atoms with Crippen LogP contribution in [-0.2, 0) is 15.8 Å². The van der Waals surface area contributed by atoms with Crippen molar-refractivity contribution in [3.63, 3.8) is 0 Å². The van der Waals surface area contributed by atoms with Gasteiger partial charge in [-0.15, -0.1) is 0 Å². The van der Waals surface area contributed by atoms with Gasteiger partial charge in [0.1, 0.15) is 24.0 Å². The maximum Gasteiger partial charge on any atom is 1.00 e. The molecule has 2 aromatic carbocycles. The number of pyridine rings is 1. The van der Waals surface area contributed by atoms with E-state index in [1.807, 2.05) is 0 Å². The molecule has 1 unspecified atom stereocenters. The molecule has 1 aromatic heterocycles. The number of hydrogen-bond acceptors (Lipinski definition) is 6. The van der Waals surface area contributed by atoms with Crippen LogP contribution in [0, 0.1) is 11.7 Å². The summed E-state index contributed by atoms with van der Waals surface area (Å²) in [5.74, 6) is 0.404. The topological polar surface area (TPSA) is 110 Å². The second-order valence-electron chi connectivity index (χ2n) is 7.67. The molecular weight excluding hydrogens is 486 g/mol. The number of hydrogen-bond donors (Lipinski definition) is 1. The van der Waals surface area contributed by atoms with Crippen molar-refractivity contribution in [2.24, 2.45) is 5.92 Å². The van der Waals surface area contributed by atoms with Crippen LogP contribution in [0.5, 0.6) is 11.5 Å². The van der Waals surface area contributed by atoms with Crippen molar-refractivity contribution in [1.82, 2.24) is 4.57 Å². The van der Waals surface area contributed by atoms with Gasteiger partial charge in [-0.2, -0.15) is 0 Å². The van der Waals surface area contributed by atoms with Gasteiger partial charge in [-0.3, -0.25) is 13.9 Å². The summed E-state index contributed by atoms with van der Waals surface area (Å²) in [4.78, 5) is 33.6. The van der Waals surface area contributed by atoms with E-state index in [1.165, 1.54) is 23.9 Å². The van der Waals surface area contributed by atoms with Crippen molar-refractivity contribution in [1.29, 1.82) is 0 Å². The zero-order chi connectivity index (χ0) is 22.9. The van der Waals surface area contributed by atoms with Crippen LogP contribution in [0.2, 0.25) is 0 Å². The third-order valence-corrected chi connectivity index (χ3v) is 6.04. The summed E-state index contributed by atoms with van der Waals surface area (Å²) in [5, 5.41) is -0.258. The van der Waals surface area contributed by atoms with Crippen molar-refractivity contribution in [2.45, 2.75) is 26.0 Å². The molecule has 170 valence electrons. The third-order valence-electron chi connectivity index (χ3n) is 5.59. The molecule has 1 saturated carbocycles. The number of benzene rings is 2.